The Bertz CT molecular complexity index is 354. The van der Waals surface area contributed by atoms with Gasteiger partial charge in [-0.25, -0.2) is 13.1 Å². The van der Waals surface area contributed by atoms with Gasteiger partial charge in [-0.1, -0.05) is 6.42 Å². The van der Waals surface area contributed by atoms with Crippen LogP contribution in [0.2, 0.25) is 0 Å². The molecule has 0 aromatic carbocycles. The SMILES string of the molecule is CCOCCS(=O)(=O)NC1CCCC1C(=O)O. The lowest BCUT2D eigenvalue weighted by atomic mass is 10.1. The Hall–Kier alpha value is -0.660. The molecule has 1 fully saturated rings. The number of hydrogen-bond acceptors (Lipinski definition) is 4. The van der Waals surface area contributed by atoms with Crippen LogP contribution in [0.3, 0.4) is 0 Å². The Morgan fingerprint density at radius 3 is 2.76 bits per heavy atom. The van der Waals surface area contributed by atoms with Gasteiger partial charge in [0.25, 0.3) is 0 Å². The van der Waals surface area contributed by atoms with Crippen LogP contribution in [-0.2, 0) is 19.6 Å². The van der Waals surface area contributed by atoms with Crippen LogP contribution in [0.15, 0.2) is 0 Å². The van der Waals surface area contributed by atoms with Crippen LogP contribution >= 0.6 is 0 Å². The molecule has 1 aliphatic carbocycles. The molecule has 1 aliphatic rings. The number of hydrogen-bond donors (Lipinski definition) is 2. The van der Waals surface area contributed by atoms with Crippen molar-refractivity contribution in [3.63, 3.8) is 0 Å². The highest BCUT2D eigenvalue weighted by atomic mass is 32.2. The molecule has 0 heterocycles. The van der Waals surface area contributed by atoms with Crippen LogP contribution in [0.25, 0.3) is 0 Å². The average Bonchev–Trinajstić information content (AvgIpc) is 2.65. The van der Waals surface area contributed by atoms with Crippen molar-refractivity contribution in [1.82, 2.24) is 4.72 Å². The first-order chi connectivity index (χ1) is 7.96. The molecule has 0 aliphatic heterocycles. The van der Waals surface area contributed by atoms with E-state index in [1.807, 2.05) is 0 Å². The minimum Gasteiger partial charge on any atom is -0.481 e. The van der Waals surface area contributed by atoms with Crippen LogP contribution in [-0.4, -0.2) is 44.5 Å². The van der Waals surface area contributed by atoms with Crippen LogP contribution in [0.1, 0.15) is 26.2 Å². The largest absolute Gasteiger partial charge is 0.481 e. The van der Waals surface area contributed by atoms with E-state index in [1.54, 1.807) is 6.92 Å². The monoisotopic (exact) mass is 265 g/mol. The molecule has 0 aromatic rings. The molecule has 0 saturated heterocycles. The maximum atomic E-state index is 11.6. The molecule has 0 bridgehead atoms. The molecular formula is C10H19NO5S. The number of carbonyl (C=O) groups is 1. The van der Waals surface area contributed by atoms with Gasteiger partial charge in [0.15, 0.2) is 0 Å². The zero-order valence-electron chi connectivity index (χ0n) is 9.89. The molecule has 7 heteroatoms. The molecule has 2 atom stereocenters. The second-order valence-electron chi connectivity index (χ2n) is 4.12. The lowest BCUT2D eigenvalue weighted by Crippen LogP contribution is -2.41. The van der Waals surface area contributed by atoms with Crippen molar-refractivity contribution in [2.24, 2.45) is 5.92 Å². The quantitative estimate of drug-likeness (QED) is 0.641. The molecule has 0 radical (unpaired) electrons. The van der Waals surface area contributed by atoms with Gasteiger partial charge >= 0.3 is 5.97 Å². The van der Waals surface area contributed by atoms with Gasteiger partial charge in [0.05, 0.1) is 18.3 Å². The van der Waals surface area contributed by atoms with E-state index in [0.717, 1.165) is 6.42 Å². The normalized spacial score (nSPS) is 25.0. The molecule has 0 amide bonds. The maximum Gasteiger partial charge on any atom is 0.308 e. The summed E-state index contributed by atoms with van der Waals surface area (Å²) in [6, 6.07) is -0.473. The molecule has 2 unspecified atom stereocenters. The summed E-state index contributed by atoms with van der Waals surface area (Å²) in [6.45, 7) is 2.39. The second kappa shape index (κ2) is 6.32. The Balaban J connectivity index is 2.49. The average molecular weight is 265 g/mol. The lowest BCUT2D eigenvalue weighted by molar-refractivity contribution is -0.141. The summed E-state index contributed by atoms with van der Waals surface area (Å²) in [5, 5.41) is 8.94. The van der Waals surface area contributed by atoms with Crippen LogP contribution in [0.5, 0.6) is 0 Å². The highest BCUT2D eigenvalue weighted by Gasteiger charge is 2.35. The molecule has 6 nitrogen and oxygen atoms in total. The van der Waals surface area contributed by atoms with Gasteiger partial charge in [-0.3, -0.25) is 4.79 Å². The molecule has 1 saturated carbocycles. The van der Waals surface area contributed by atoms with Crippen molar-refractivity contribution in [2.75, 3.05) is 19.0 Å². The number of carboxylic acid groups (broad SMARTS) is 1. The van der Waals surface area contributed by atoms with Crippen molar-refractivity contribution in [3.8, 4) is 0 Å². The van der Waals surface area contributed by atoms with E-state index in [2.05, 4.69) is 4.72 Å². The van der Waals surface area contributed by atoms with Gasteiger partial charge in [-0.05, 0) is 19.8 Å². The third kappa shape index (κ3) is 4.61. The zero-order chi connectivity index (χ0) is 12.9. The lowest BCUT2D eigenvalue weighted by Gasteiger charge is -2.17. The number of carboxylic acids is 1. The van der Waals surface area contributed by atoms with E-state index < -0.39 is 28.0 Å². The van der Waals surface area contributed by atoms with Gasteiger partial charge < -0.3 is 9.84 Å². The maximum absolute atomic E-state index is 11.6. The van der Waals surface area contributed by atoms with Gasteiger partial charge in [-0.15, -0.1) is 0 Å². The fourth-order valence-corrected chi connectivity index (χ4v) is 3.20. The highest BCUT2D eigenvalue weighted by Crippen LogP contribution is 2.26. The van der Waals surface area contributed by atoms with Crippen molar-refractivity contribution < 1.29 is 23.1 Å². The molecule has 2 N–H and O–H groups in total. The smallest absolute Gasteiger partial charge is 0.308 e. The van der Waals surface area contributed by atoms with E-state index in [9.17, 15) is 13.2 Å². The summed E-state index contributed by atoms with van der Waals surface area (Å²) in [5.41, 5.74) is 0. The second-order valence-corrected chi connectivity index (χ2v) is 5.99. The minimum atomic E-state index is -3.44. The Labute approximate surface area is 101 Å². The number of aliphatic carboxylic acids is 1. The van der Waals surface area contributed by atoms with E-state index in [0.29, 0.717) is 19.4 Å². The third-order valence-corrected chi connectivity index (χ3v) is 4.23. The molecule has 0 aromatic heterocycles. The van der Waals surface area contributed by atoms with E-state index in [1.165, 1.54) is 0 Å². The molecular weight excluding hydrogens is 246 g/mol. The first-order valence-corrected chi connectivity index (χ1v) is 7.42. The number of sulfonamides is 1. The summed E-state index contributed by atoms with van der Waals surface area (Å²) in [4.78, 5) is 10.9. The third-order valence-electron chi connectivity index (χ3n) is 2.86. The summed E-state index contributed by atoms with van der Waals surface area (Å²) < 4.78 is 30.7. The fraction of sp³-hybridized carbons (Fsp3) is 0.900. The fourth-order valence-electron chi connectivity index (χ4n) is 2.00. The Morgan fingerprint density at radius 2 is 2.18 bits per heavy atom. The van der Waals surface area contributed by atoms with Gasteiger partial charge in [0, 0.05) is 12.6 Å². The summed E-state index contributed by atoms with van der Waals surface area (Å²) >= 11 is 0. The molecule has 17 heavy (non-hydrogen) atoms. The van der Waals surface area contributed by atoms with Crippen molar-refractivity contribution in [3.05, 3.63) is 0 Å². The summed E-state index contributed by atoms with van der Waals surface area (Å²) in [7, 11) is -3.44. The standard InChI is InChI=1S/C10H19NO5S/c1-2-16-6-7-17(14,15)11-9-5-3-4-8(9)10(12)13/h8-9,11H,2-7H2,1H3,(H,12,13). The van der Waals surface area contributed by atoms with Crippen LogP contribution in [0, 0.1) is 5.92 Å². The number of ether oxygens (including phenoxy) is 1. The van der Waals surface area contributed by atoms with Crippen molar-refractivity contribution in [1.29, 1.82) is 0 Å². The first kappa shape index (κ1) is 14.4. The topological polar surface area (TPSA) is 92.7 Å². The van der Waals surface area contributed by atoms with E-state index >= 15 is 0 Å². The Kier molecular flexibility index (Phi) is 5.35. The highest BCUT2D eigenvalue weighted by molar-refractivity contribution is 7.89. The number of nitrogens with one attached hydrogen (secondary N) is 1. The van der Waals surface area contributed by atoms with Crippen molar-refractivity contribution >= 4 is 16.0 Å². The predicted octanol–water partition coefficient (Wildman–Crippen LogP) is 0.196. The van der Waals surface area contributed by atoms with Gasteiger partial charge in [0.2, 0.25) is 10.0 Å². The van der Waals surface area contributed by atoms with E-state index in [4.69, 9.17) is 9.84 Å². The Morgan fingerprint density at radius 1 is 1.47 bits per heavy atom. The van der Waals surface area contributed by atoms with Crippen molar-refractivity contribution in [2.45, 2.75) is 32.2 Å². The van der Waals surface area contributed by atoms with Crippen LogP contribution in [0.4, 0.5) is 0 Å². The first-order valence-electron chi connectivity index (χ1n) is 5.77. The molecule has 1 rings (SSSR count). The molecule has 100 valence electrons. The van der Waals surface area contributed by atoms with Gasteiger partial charge in [-0.2, -0.15) is 0 Å². The molecule has 0 spiro atoms. The van der Waals surface area contributed by atoms with E-state index in [-0.39, 0.29) is 12.4 Å². The number of rotatable bonds is 7. The summed E-state index contributed by atoms with van der Waals surface area (Å²) in [5.74, 6) is -1.65. The van der Waals surface area contributed by atoms with Gasteiger partial charge in [0.1, 0.15) is 0 Å². The summed E-state index contributed by atoms with van der Waals surface area (Å²) in [6.07, 6.45) is 1.87. The minimum absolute atomic E-state index is 0.121. The zero-order valence-corrected chi connectivity index (χ0v) is 10.7. The predicted molar refractivity (Wildman–Crippen MR) is 62.2 cm³/mol. The van der Waals surface area contributed by atoms with Crippen LogP contribution < -0.4 is 4.72 Å².